The van der Waals surface area contributed by atoms with Gasteiger partial charge in [0.2, 0.25) is 0 Å². The number of hydrogen-bond acceptors (Lipinski definition) is 2. The predicted molar refractivity (Wildman–Crippen MR) is 71.8 cm³/mol. The Morgan fingerprint density at radius 1 is 1.12 bits per heavy atom. The Balaban J connectivity index is 3.04. The highest BCUT2D eigenvalue weighted by Gasteiger charge is 2.29. The zero-order valence-corrected chi connectivity index (χ0v) is 11.9. The molecule has 0 radical (unpaired) electrons. The molecule has 0 aliphatic heterocycles. The maximum atomic E-state index is 12.4. The van der Waals surface area contributed by atoms with Crippen LogP contribution >= 0.6 is 0 Å². The molecular weight excluding hydrogens is 232 g/mol. The molecule has 3 heteroatoms. The molecule has 17 heavy (non-hydrogen) atoms. The lowest BCUT2D eigenvalue weighted by Crippen LogP contribution is -2.26. The summed E-state index contributed by atoms with van der Waals surface area (Å²) in [5.41, 5.74) is 0.0303. The van der Waals surface area contributed by atoms with Crippen LogP contribution < -0.4 is 0 Å². The molecule has 0 bridgehead atoms. The van der Waals surface area contributed by atoms with Crippen molar-refractivity contribution in [2.75, 3.05) is 0 Å². The highest BCUT2D eigenvalue weighted by atomic mass is 32.2. The molecule has 0 aliphatic carbocycles. The molecule has 0 saturated carbocycles. The fraction of sp³-hybridized carbons (Fsp3) is 0.571. The minimum absolute atomic E-state index is 0.0303. The van der Waals surface area contributed by atoms with Crippen LogP contribution in [0.2, 0.25) is 0 Å². The fourth-order valence-corrected chi connectivity index (χ4v) is 4.04. The van der Waals surface area contributed by atoms with E-state index >= 15 is 0 Å². The van der Waals surface area contributed by atoms with Crippen molar-refractivity contribution in [3.63, 3.8) is 0 Å². The molecule has 0 spiro atoms. The van der Waals surface area contributed by atoms with Crippen LogP contribution in [0.1, 0.15) is 40.5 Å². The molecular formula is C14H22O2S. The van der Waals surface area contributed by atoms with Crippen LogP contribution in [-0.4, -0.2) is 13.7 Å². The van der Waals surface area contributed by atoms with E-state index in [4.69, 9.17) is 0 Å². The molecule has 96 valence electrons. The smallest absolute Gasteiger partial charge is 0.181 e. The van der Waals surface area contributed by atoms with Crippen molar-refractivity contribution < 1.29 is 8.42 Å². The molecule has 1 unspecified atom stereocenters. The van der Waals surface area contributed by atoms with Crippen LogP contribution in [0, 0.1) is 5.41 Å². The summed E-state index contributed by atoms with van der Waals surface area (Å²) in [6.07, 6.45) is 1.36. The Hall–Kier alpha value is -0.830. The summed E-state index contributed by atoms with van der Waals surface area (Å²) in [4.78, 5) is 0.441. The Kier molecular flexibility index (Phi) is 4.36. The van der Waals surface area contributed by atoms with Crippen molar-refractivity contribution in [2.24, 2.45) is 5.41 Å². The highest BCUT2D eigenvalue weighted by Crippen LogP contribution is 2.29. The first kappa shape index (κ1) is 14.2. The first-order valence-electron chi connectivity index (χ1n) is 6.06. The zero-order valence-electron chi connectivity index (χ0n) is 11.1. The van der Waals surface area contributed by atoms with Crippen LogP contribution in [0.25, 0.3) is 0 Å². The number of rotatable bonds is 4. The van der Waals surface area contributed by atoms with E-state index in [0.29, 0.717) is 17.7 Å². The maximum absolute atomic E-state index is 12.4. The summed E-state index contributed by atoms with van der Waals surface area (Å²) < 4.78 is 24.9. The number of hydrogen-bond donors (Lipinski definition) is 0. The Morgan fingerprint density at radius 2 is 1.65 bits per heavy atom. The summed E-state index contributed by atoms with van der Waals surface area (Å²) in [5.74, 6) is 0. The van der Waals surface area contributed by atoms with E-state index in [-0.39, 0.29) is 10.7 Å². The van der Waals surface area contributed by atoms with E-state index in [0.717, 1.165) is 0 Å². The molecule has 0 aromatic heterocycles. The molecule has 0 aliphatic rings. The first-order valence-corrected chi connectivity index (χ1v) is 7.61. The summed E-state index contributed by atoms with van der Waals surface area (Å²) in [6.45, 7) is 8.18. The monoisotopic (exact) mass is 254 g/mol. The van der Waals surface area contributed by atoms with Crippen molar-refractivity contribution >= 4 is 9.84 Å². The van der Waals surface area contributed by atoms with Gasteiger partial charge in [0, 0.05) is 0 Å². The SMILES string of the molecule is CCC(CC(C)(C)C)S(=O)(=O)c1ccccc1. The minimum Gasteiger partial charge on any atom is -0.223 e. The van der Waals surface area contributed by atoms with E-state index in [1.165, 1.54) is 0 Å². The normalized spacial score (nSPS) is 14.6. The molecule has 0 saturated heterocycles. The molecule has 1 rings (SSSR count). The third-order valence-corrected chi connectivity index (χ3v) is 5.11. The average molecular weight is 254 g/mol. The zero-order chi connectivity index (χ0) is 13.1. The van der Waals surface area contributed by atoms with Gasteiger partial charge in [-0.25, -0.2) is 8.42 Å². The van der Waals surface area contributed by atoms with Crippen LogP contribution in [-0.2, 0) is 9.84 Å². The Morgan fingerprint density at radius 3 is 2.06 bits per heavy atom. The predicted octanol–water partition coefficient (Wildman–Crippen LogP) is 3.68. The van der Waals surface area contributed by atoms with Gasteiger partial charge in [0.15, 0.2) is 9.84 Å². The second kappa shape index (κ2) is 5.21. The quantitative estimate of drug-likeness (QED) is 0.821. The van der Waals surface area contributed by atoms with Crippen LogP contribution in [0.4, 0.5) is 0 Å². The summed E-state index contributed by atoms with van der Waals surface area (Å²) in [7, 11) is -3.18. The molecule has 0 amide bonds. The van der Waals surface area contributed by atoms with Gasteiger partial charge in [-0.15, -0.1) is 0 Å². The van der Waals surface area contributed by atoms with Gasteiger partial charge in [-0.05, 0) is 30.4 Å². The summed E-state index contributed by atoms with van der Waals surface area (Å²) in [6, 6.07) is 8.75. The van der Waals surface area contributed by atoms with Crippen LogP contribution in [0.3, 0.4) is 0 Å². The molecule has 1 aromatic rings. The van der Waals surface area contributed by atoms with Gasteiger partial charge < -0.3 is 0 Å². The first-order chi connectivity index (χ1) is 7.77. The molecule has 2 nitrogen and oxygen atoms in total. The highest BCUT2D eigenvalue weighted by molar-refractivity contribution is 7.92. The topological polar surface area (TPSA) is 34.1 Å². The molecule has 0 fully saturated rings. The third-order valence-electron chi connectivity index (χ3n) is 2.81. The van der Waals surface area contributed by atoms with Crippen LogP contribution in [0.5, 0.6) is 0 Å². The van der Waals surface area contributed by atoms with Crippen molar-refractivity contribution in [3.8, 4) is 0 Å². The standard InChI is InChI=1S/C14H22O2S/c1-5-12(11-14(2,3)4)17(15,16)13-9-7-6-8-10-13/h6-10,12H,5,11H2,1-4H3. The Labute approximate surface area is 105 Å². The Bertz CT molecular complexity index is 441. The van der Waals surface area contributed by atoms with Gasteiger partial charge in [-0.3, -0.25) is 0 Å². The van der Waals surface area contributed by atoms with Gasteiger partial charge in [-0.1, -0.05) is 45.9 Å². The molecule has 0 N–H and O–H groups in total. The fourth-order valence-electron chi connectivity index (χ4n) is 1.96. The summed E-state index contributed by atoms with van der Waals surface area (Å²) in [5, 5.41) is -0.287. The van der Waals surface area contributed by atoms with Crippen molar-refractivity contribution in [1.29, 1.82) is 0 Å². The molecule has 0 heterocycles. The number of sulfone groups is 1. The van der Waals surface area contributed by atoms with E-state index in [9.17, 15) is 8.42 Å². The molecule has 1 aromatic carbocycles. The van der Waals surface area contributed by atoms with Gasteiger partial charge in [0.1, 0.15) is 0 Å². The lowest BCUT2D eigenvalue weighted by molar-refractivity contribution is 0.362. The van der Waals surface area contributed by atoms with E-state index < -0.39 is 9.84 Å². The maximum Gasteiger partial charge on any atom is 0.181 e. The minimum atomic E-state index is -3.18. The van der Waals surface area contributed by atoms with E-state index in [1.807, 2.05) is 13.0 Å². The van der Waals surface area contributed by atoms with Crippen molar-refractivity contribution in [1.82, 2.24) is 0 Å². The molecule has 1 atom stereocenters. The number of benzene rings is 1. The van der Waals surface area contributed by atoms with Crippen molar-refractivity contribution in [3.05, 3.63) is 30.3 Å². The largest absolute Gasteiger partial charge is 0.223 e. The summed E-state index contributed by atoms with van der Waals surface area (Å²) >= 11 is 0. The third kappa shape index (κ3) is 3.84. The van der Waals surface area contributed by atoms with Crippen LogP contribution in [0.15, 0.2) is 35.2 Å². The van der Waals surface area contributed by atoms with Gasteiger partial charge in [-0.2, -0.15) is 0 Å². The van der Waals surface area contributed by atoms with Gasteiger partial charge in [0.25, 0.3) is 0 Å². The van der Waals surface area contributed by atoms with Crippen molar-refractivity contribution in [2.45, 2.75) is 50.7 Å². The average Bonchev–Trinajstić information content (AvgIpc) is 2.25. The van der Waals surface area contributed by atoms with Gasteiger partial charge >= 0.3 is 0 Å². The van der Waals surface area contributed by atoms with E-state index in [2.05, 4.69) is 20.8 Å². The van der Waals surface area contributed by atoms with E-state index in [1.54, 1.807) is 24.3 Å². The lowest BCUT2D eigenvalue weighted by atomic mass is 9.90. The van der Waals surface area contributed by atoms with Gasteiger partial charge in [0.05, 0.1) is 10.1 Å². The second-order valence-corrected chi connectivity index (χ2v) is 7.88. The lowest BCUT2D eigenvalue weighted by Gasteiger charge is -2.25. The second-order valence-electron chi connectivity index (χ2n) is 5.65.